The zero-order valence-electron chi connectivity index (χ0n) is 16.9. The van der Waals surface area contributed by atoms with Crippen molar-refractivity contribution in [3.63, 3.8) is 0 Å². The summed E-state index contributed by atoms with van der Waals surface area (Å²) in [7, 11) is 0. The van der Waals surface area contributed by atoms with E-state index in [1.807, 2.05) is 30.3 Å². The number of aromatic nitrogens is 2. The van der Waals surface area contributed by atoms with Crippen molar-refractivity contribution in [2.75, 3.05) is 18.0 Å². The third-order valence-corrected chi connectivity index (χ3v) is 5.97. The Morgan fingerprint density at radius 3 is 2.34 bits per heavy atom. The van der Waals surface area contributed by atoms with Crippen molar-refractivity contribution < 1.29 is 9.53 Å². The molecular weight excluding hydrogens is 364 g/mol. The van der Waals surface area contributed by atoms with Crippen LogP contribution in [0.5, 0.6) is 11.6 Å². The number of carbonyl (C=O) groups excluding carboxylic acids is 1. The summed E-state index contributed by atoms with van der Waals surface area (Å²) in [5.41, 5.74) is 0. The van der Waals surface area contributed by atoms with Crippen LogP contribution in [0.25, 0.3) is 0 Å². The molecule has 1 amide bonds. The van der Waals surface area contributed by atoms with Crippen LogP contribution in [-0.4, -0.2) is 35.0 Å². The molecule has 6 heteroatoms. The maximum absolute atomic E-state index is 12.7. The first-order valence-corrected chi connectivity index (χ1v) is 10.9. The number of para-hydroxylation sites is 1. The predicted octanol–water partition coefficient (Wildman–Crippen LogP) is 4.32. The van der Waals surface area contributed by atoms with Crippen molar-refractivity contribution in [3.05, 3.63) is 42.7 Å². The molecule has 0 radical (unpaired) electrons. The Labute approximate surface area is 172 Å². The van der Waals surface area contributed by atoms with E-state index in [2.05, 4.69) is 20.2 Å². The molecule has 1 saturated heterocycles. The number of rotatable bonds is 5. The number of hydrogen-bond donors (Lipinski definition) is 1. The van der Waals surface area contributed by atoms with Crippen molar-refractivity contribution in [2.45, 2.75) is 57.4 Å². The van der Waals surface area contributed by atoms with Gasteiger partial charge in [-0.2, -0.15) is 0 Å². The summed E-state index contributed by atoms with van der Waals surface area (Å²) in [6.45, 7) is 1.57. The van der Waals surface area contributed by atoms with Crippen LogP contribution in [0, 0.1) is 5.92 Å². The van der Waals surface area contributed by atoms with Crippen LogP contribution in [-0.2, 0) is 4.79 Å². The molecule has 29 heavy (non-hydrogen) atoms. The van der Waals surface area contributed by atoms with Gasteiger partial charge in [-0.1, -0.05) is 43.9 Å². The number of amides is 1. The van der Waals surface area contributed by atoms with Crippen LogP contribution in [0.4, 0.5) is 5.82 Å². The standard InChI is InChI=1S/C23H30N4O2/c28-22(26-19-8-4-1-2-5-9-19)18-12-16-27(17-13-18)21-23(25-15-14-24-21)29-20-10-6-3-7-11-20/h3,6-7,10-11,14-15,18-19H,1-2,4-5,8-9,12-13,16-17H2,(H,26,28). The van der Waals surface area contributed by atoms with Crippen LogP contribution in [0.2, 0.25) is 0 Å². The Bertz CT molecular complexity index is 782. The van der Waals surface area contributed by atoms with E-state index < -0.39 is 0 Å². The molecule has 0 atom stereocenters. The highest BCUT2D eigenvalue weighted by Gasteiger charge is 2.28. The maximum Gasteiger partial charge on any atom is 0.263 e. The van der Waals surface area contributed by atoms with Gasteiger partial charge in [0.1, 0.15) is 5.75 Å². The van der Waals surface area contributed by atoms with E-state index in [1.54, 1.807) is 12.4 Å². The highest BCUT2D eigenvalue weighted by Crippen LogP contribution is 2.31. The fourth-order valence-electron chi connectivity index (χ4n) is 4.30. The molecule has 4 rings (SSSR count). The quantitative estimate of drug-likeness (QED) is 0.765. The second-order valence-corrected chi connectivity index (χ2v) is 8.06. The van der Waals surface area contributed by atoms with Crippen molar-refractivity contribution in [2.24, 2.45) is 5.92 Å². The summed E-state index contributed by atoms with van der Waals surface area (Å²) >= 11 is 0. The van der Waals surface area contributed by atoms with Gasteiger partial charge >= 0.3 is 0 Å². The van der Waals surface area contributed by atoms with Gasteiger partial charge in [-0.05, 0) is 37.8 Å². The minimum Gasteiger partial charge on any atom is -0.436 e. The number of carbonyl (C=O) groups is 1. The first kappa shape index (κ1) is 19.7. The number of hydrogen-bond acceptors (Lipinski definition) is 5. The van der Waals surface area contributed by atoms with E-state index in [9.17, 15) is 4.79 Å². The van der Waals surface area contributed by atoms with Crippen molar-refractivity contribution >= 4 is 11.7 Å². The first-order chi connectivity index (χ1) is 14.3. The SMILES string of the molecule is O=C(NC1CCCCCC1)C1CCN(c2nccnc2Oc2ccccc2)CC1. The number of benzene rings is 1. The Kier molecular flexibility index (Phi) is 6.60. The second-order valence-electron chi connectivity index (χ2n) is 8.06. The zero-order valence-corrected chi connectivity index (χ0v) is 16.9. The molecule has 0 unspecified atom stereocenters. The summed E-state index contributed by atoms with van der Waals surface area (Å²) in [5.74, 6) is 2.33. The molecule has 2 heterocycles. The summed E-state index contributed by atoms with van der Waals surface area (Å²) in [6, 6.07) is 10.0. The molecule has 1 saturated carbocycles. The van der Waals surface area contributed by atoms with E-state index in [-0.39, 0.29) is 11.8 Å². The average molecular weight is 395 g/mol. The monoisotopic (exact) mass is 394 g/mol. The van der Waals surface area contributed by atoms with Gasteiger partial charge < -0.3 is 15.0 Å². The van der Waals surface area contributed by atoms with Gasteiger partial charge in [0.2, 0.25) is 5.91 Å². The van der Waals surface area contributed by atoms with Crippen LogP contribution < -0.4 is 15.0 Å². The van der Waals surface area contributed by atoms with E-state index >= 15 is 0 Å². The molecule has 0 bridgehead atoms. The fourth-order valence-corrected chi connectivity index (χ4v) is 4.30. The Morgan fingerprint density at radius 1 is 0.931 bits per heavy atom. The summed E-state index contributed by atoms with van der Waals surface area (Å²) in [4.78, 5) is 23.8. The lowest BCUT2D eigenvalue weighted by molar-refractivity contribution is -0.126. The van der Waals surface area contributed by atoms with Gasteiger partial charge in [-0.25, -0.2) is 9.97 Å². The molecule has 1 aliphatic heterocycles. The van der Waals surface area contributed by atoms with Crippen LogP contribution in [0.3, 0.4) is 0 Å². The number of piperidine rings is 1. The molecule has 0 spiro atoms. The molecular formula is C23H30N4O2. The minimum absolute atomic E-state index is 0.0877. The largest absolute Gasteiger partial charge is 0.436 e. The summed E-state index contributed by atoms with van der Waals surface area (Å²) in [6.07, 6.45) is 12.3. The normalized spacial score (nSPS) is 18.8. The molecule has 2 aliphatic rings. The van der Waals surface area contributed by atoms with Crippen molar-refractivity contribution in [3.8, 4) is 11.6 Å². The molecule has 1 N–H and O–H groups in total. The third-order valence-electron chi connectivity index (χ3n) is 5.97. The van der Waals surface area contributed by atoms with Gasteiger partial charge in [-0.3, -0.25) is 4.79 Å². The Hall–Kier alpha value is -2.63. The number of anilines is 1. The highest BCUT2D eigenvalue weighted by molar-refractivity contribution is 5.79. The van der Waals surface area contributed by atoms with E-state index in [4.69, 9.17) is 4.74 Å². The lowest BCUT2D eigenvalue weighted by Gasteiger charge is -2.33. The molecule has 2 fully saturated rings. The van der Waals surface area contributed by atoms with Gasteiger partial charge in [0.25, 0.3) is 5.88 Å². The maximum atomic E-state index is 12.7. The van der Waals surface area contributed by atoms with Crippen LogP contribution in [0.1, 0.15) is 51.4 Å². The third kappa shape index (κ3) is 5.25. The van der Waals surface area contributed by atoms with Gasteiger partial charge in [0.05, 0.1) is 0 Å². The van der Waals surface area contributed by atoms with Crippen LogP contribution >= 0.6 is 0 Å². The number of nitrogens with one attached hydrogen (secondary N) is 1. The highest BCUT2D eigenvalue weighted by atomic mass is 16.5. The predicted molar refractivity (Wildman–Crippen MR) is 113 cm³/mol. The summed E-state index contributed by atoms with van der Waals surface area (Å²) < 4.78 is 5.95. The van der Waals surface area contributed by atoms with Gasteiger partial charge in [0, 0.05) is 37.4 Å². The Morgan fingerprint density at radius 2 is 1.62 bits per heavy atom. The molecule has 1 aliphatic carbocycles. The topological polar surface area (TPSA) is 67.4 Å². The number of ether oxygens (including phenoxy) is 1. The van der Waals surface area contributed by atoms with Gasteiger partial charge in [0.15, 0.2) is 5.82 Å². The lowest BCUT2D eigenvalue weighted by Crippen LogP contribution is -2.44. The lowest BCUT2D eigenvalue weighted by atomic mass is 9.95. The second kappa shape index (κ2) is 9.72. The molecule has 1 aromatic heterocycles. The van der Waals surface area contributed by atoms with Crippen molar-refractivity contribution in [1.29, 1.82) is 0 Å². The fraction of sp³-hybridized carbons (Fsp3) is 0.522. The summed E-state index contributed by atoms with van der Waals surface area (Å²) in [5, 5.41) is 3.32. The van der Waals surface area contributed by atoms with Gasteiger partial charge in [-0.15, -0.1) is 0 Å². The molecule has 2 aromatic rings. The Balaban J connectivity index is 1.34. The smallest absolute Gasteiger partial charge is 0.263 e. The zero-order chi connectivity index (χ0) is 19.9. The van der Waals surface area contributed by atoms with E-state index in [0.717, 1.165) is 50.3 Å². The molecule has 6 nitrogen and oxygen atoms in total. The molecule has 154 valence electrons. The minimum atomic E-state index is 0.0877. The van der Waals surface area contributed by atoms with E-state index in [1.165, 1.54) is 25.7 Å². The van der Waals surface area contributed by atoms with Crippen molar-refractivity contribution in [1.82, 2.24) is 15.3 Å². The molecule has 1 aromatic carbocycles. The van der Waals surface area contributed by atoms with Crippen LogP contribution in [0.15, 0.2) is 42.7 Å². The van der Waals surface area contributed by atoms with E-state index in [0.29, 0.717) is 11.9 Å². The number of nitrogens with zero attached hydrogens (tertiary/aromatic N) is 3. The average Bonchev–Trinajstić information content (AvgIpc) is 3.04. The first-order valence-electron chi connectivity index (χ1n) is 10.9.